The van der Waals surface area contributed by atoms with Crippen LogP contribution in [0.25, 0.3) is 0 Å². The topological polar surface area (TPSA) is 57.6 Å². The fraction of sp³-hybridized carbons (Fsp3) is 0.125. The molecule has 0 saturated carbocycles. The summed E-state index contributed by atoms with van der Waals surface area (Å²) in [7, 11) is 3.61. The molecule has 0 aliphatic carbocycles. The lowest BCUT2D eigenvalue weighted by atomic mass is 9.97. The molecular weight excluding hydrogens is 290 g/mol. The van der Waals surface area contributed by atoms with Gasteiger partial charge in [0, 0.05) is 35.9 Å². The Hall–Kier alpha value is -2.33. The van der Waals surface area contributed by atoms with Gasteiger partial charge >= 0.3 is 5.97 Å². The molecule has 0 heterocycles. The van der Waals surface area contributed by atoms with Gasteiger partial charge in [-0.05, 0) is 42.5 Å². The van der Waals surface area contributed by atoms with Gasteiger partial charge in [-0.25, -0.2) is 4.79 Å². The van der Waals surface area contributed by atoms with Crippen LogP contribution in [-0.4, -0.2) is 31.0 Å². The van der Waals surface area contributed by atoms with Crippen molar-refractivity contribution in [3.05, 3.63) is 64.2 Å². The highest BCUT2D eigenvalue weighted by atomic mass is 35.5. The number of rotatable bonds is 4. The van der Waals surface area contributed by atoms with Gasteiger partial charge in [-0.2, -0.15) is 0 Å². The Bertz CT molecular complexity index is 693. The van der Waals surface area contributed by atoms with Crippen LogP contribution in [0, 0.1) is 0 Å². The predicted octanol–water partition coefficient (Wildman–Crippen LogP) is 3.34. The molecule has 0 radical (unpaired) electrons. The van der Waals surface area contributed by atoms with Crippen LogP contribution in [0.5, 0.6) is 0 Å². The number of hydrogen-bond acceptors (Lipinski definition) is 3. The summed E-state index contributed by atoms with van der Waals surface area (Å²) in [5.74, 6) is -1.47. The average molecular weight is 304 g/mol. The van der Waals surface area contributed by atoms with E-state index in [1.54, 1.807) is 35.2 Å². The molecule has 2 aromatic rings. The number of carbonyl (C=O) groups excluding carboxylic acids is 1. The molecule has 0 fully saturated rings. The van der Waals surface area contributed by atoms with Crippen LogP contribution in [0.2, 0.25) is 5.02 Å². The molecule has 2 aromatic carbocycles. The number of ketones is 1. The van der Waals surface area contributed by atoms with Crippen LogP contribution in [0.15, 0.2) is 42.5 Å². The third-order valence-corrected chi connectivity index (χ3v) is 3.35. The minimum Gasteiger partial charge on any atom is -0.478 e. The second-order valence-corrected chi connectivity index (χ2v) is 5.20. The Labute approximate surface area is 127 Å². The molecule has 0 bridgehead atoms. The van der Waals surface area contributed by atoms with E-state index in [0.717, 1.165) is 5.69 Å². The first-order chi connectivity index (χ1) is 9.90. The maximum absolute atomic E-state index is 12.4. The smallest absolute Gasteiger partial charge is 0.336 e. The van der Waals surface area contributed by atoms with Crippen molar-refractivity contribution in [1.82, 2.24) is 0 Å². The summed E-state index contributed by atoms with van der Waals surface area (Å²) >= 11 is 5.79. The second-order valence-electron chi connectivity index (χ2n) is 4.77. The third-order valence-electron chi connectivity index (χ3n) is 3.10. The van der Waals surface area contributed by atoms with Gasteiger partial charge in [0.15, 0.2) is 5.78 Å². The Balaban J connectivity index is 2.50. The summed E-state index contributed by atoms with van der Waals surface area (Å²) in [5.41, 5.74) is 1.27. The average Bonchev–Trinajstić information content (AvgIpc) is 2.46. The second kappa shape index (κ2) is 5.97. The summed E-state index contributed by atoms with van der Waals surface area (Å²) in [4.78, 5) is 25.6. The van der Waals surface area contributed by atoms with Gasteiger partial charge in [0.25, 0.3) is 0 Å². The fourth-order valence-corrected chi connectivity index (χ4v) is 2.07. The molecule has 108 valence electrons. The maximum atomic E-state index is 12.4. The summed E-state index contributed by atoms with van der Waals surface area (Å²) in [5, 5.41) is 9.84. The Kier molecular flexibility index (Phi) is 4.29. The SMILES string of the molecule is CN(C)c1ccc(C(=O)c2ccc(Cl)cc2)c(C(=O)O)c1. The van der Waals surface area contributed by atoms with E-state index in [-0.39, 0.29) is 16.9 Å². The van der Waals surface area contributed by atoms with Gasteiger partial charge in [-0.3, -0.25) is 4.79 Å². The summed E-state index contributed by atoms with van der Waals surface area (Å²) < 4.78 is 0. The number of hydrogen-bond donors (Lipinski definition) is 1. The number of nitrogens with zero attached hydrogens (tertiary/aromatic N) is 1. The van der Waals surface area contributed by atoms with Crippen LogP contribution in [0.3, 0.4) is 0 Å². The number of carbonyl (C=O) groups is 2. The first-order valence-corrected chi connectivity index (χ1v) is 6.63. The predicted molar refractivity (Wildman–Crippen MR) is 82.6 cm³/mol. The summed E-state index contributed by atoms with van der Waals surface area (Å²) in [6.07, 6.45) is 0. The zero-order valence-corrected chi connectivity index (χ0v) is 12.4. The monoisotopic (exact) mass is 303 g/mol. The molecule has 2 rings (SSSR count). The van der Waals surface area contributed by atoms with Crippen LogP contribution < -0.4 is 4.90 Å². The van der Waals surface area contributed by atoms with E-state index in [4.69, 9.17) is 11.6 Å². The van der Waals surface area contributed by atoms with Gasteiger partial charge in [0.05, 0.1) is 5.56 Å². The molecule has 4 nitrogen and oxygen atoms in total. The molecule has 0 spiro atoms. The highest BCUT2D eigenvalue weighted by Gasteiger charge is 2.19. The first-order valence-electron chi connectivity index (χ1n) is 6.25. The van der Waals surface area contributed by atoms with Gasteiger partial charge in [-0.15, -0.1) is 0 Å². The molecule has 21 heavy (non-hydrogen) atoms. The van der Waals surface area contributed by atoms with Gasteiger partial charge in [-0.1, -0.05) is 11.6 Å². The van der Waals surface area contributed by atoms with Crippen LogP contribution in [0.4, 0.5) is 5.69 Å². The van der Waals surface area contributed by atoms with Crippen molar-refractivity contribution < 1.29 is 14.7 Å². The van der Waals surface area contributed by atoms with E-state index in [1.165, 1.54) is 12.1 Å². The molecule has 5 heteroatoms. The summed E-state index contributed by atoms with van der Waals surface area (Å²) in [6, 6.07) is 11.1. The maximum Gasteiger partial charge on any atom is 0.336 e. The number of halogens is 1. The molecule has 1 N–H and O–H groups in total. The van der Waals surface area contributed by atoms with Crippen molar-refractivity contribution in [2.24, 2.45) is 0 Å². The number of benzene rings is 2. The molecular formula is C16H14ClNO3. The lowest BCUT2D eigenvalue weighted by molar-refractivity contribution is 0.0693. The van der Waals surface area contributed by atoms with Crippen molar-refractivity contribution in [3.8, 4) is 0 Å². The van der Waals surface area contributed by atoms with Crippen molar-refractivity contribution in [3.63, 3.8) is 0 Å². The summed E-state index contributed by atoms with van der Waals surface area (Å²) in [6.45, 7) is 0. The van der Waals surface area contributed by atoms with Gasteiger partial charge < -0.3 is 10.0 Å². The lowest BCUT2D eigenvalue weighted by Gasteiger charge is -2.14. The van der Waals surface area contributed by atoms with E-state index in [9.17, 15) is 14.7 Å². The Morgan fingerprint density at radius 2 is 1.62 bits per heavy atom. The van der Waals surface area contributed by atoms with Crippen molar-refractivity contribution in [2.45, 2.75) is 0 Å². The zero-order valence-electron chi connectivity index (χ0n) is 11.6. The first kappa shape index (κ1) is 15.1. The Morgan fingerprint density at radius 1 is 1.00 bits per heavy atom. The molecule has 0 aliphatic heterocycles. The van der Waals surface area contributed by atoms with Crippen LogP contribution >= 0.6 is 11.6 Å². The van der Waals surface area contributed by atoms with Crippen molar-refractivity contribution >= 4 is 29.0 Å². The Morgan fingerprint density at radius 3 is 2.14 bits per heavy atom. The lowest BCUT2D eigenvalue weighted by Crippen LogP contribution is -2.14. The van der Waals surface area contributed by atoms with Crippen LogP contribution in [0.1, 0.15) is 26.3 Å². The molecule has 0 aromatic heterocycles. The van der Waals surface area contributed by atoms with Crippen molar-refractivity contribution in [1.29, 1.82) is 0 Å². The number of aromatic carboxylic acids is 1. The highest BCUT2D eigenvalue weighted by Crippen LogP contribution is 2.21. The normalized spacial score (nSPS) is 10.2. The minimum absolute atomic E-state index is 0.0128. The van der Waals surface area contributed by atoms with Gasteiger partial charge in [0.1, 0.15) is 0 Å². The molecule has 0 amide bonds. The highest BCUT2D eigenvalue weighted by molar-refractivity contribution is 6.30. The van der Waals surface area contributed by atoms with E-state index in [2.05, 4.69) is 0 Å². The molecule has 0 unspecified atom stereocenters. The fourth-order valence-electron chi connectivity index (χ4n) is 1.94. The number of carboxylic acid groups (broad SMARTS) is 1. The number of carboxylic acids is 1. The quantitative estimate of drug-likeness (QED) is 0.880. The van der Waals surface area contributed by atoms with E-state index in [1.807, 2.05) is 14.1 Å². The van der Waals surface area contributed by atoms with E-state index >= 15 is 0 Å². The van der Waals surface area contributed by atoms with Crippen LogP contribution in [-0.2, 0) is 0 Å². The van der Waals surface area contributed by atoms with E-state index < -0.39 is 5.97 Å². The third kappa shape index (κ3) is 3.23. The van der Waals surface area contributed by atoms with Gasteiger partial charge in [0.2, 0.25) is 0 Å². The minimum atomic E-state index is -1.13. The molecule has 0 atom stereocenters. The van der Waals surface area contributed by atoms with E-state index in [0.29, 0.717) is 10.6 Å². The van der Waals surface area contributed by atoms with Crippen molar-refractivity contribution in [2.75, 3.05) is 19.0 Å². The standard InChI is InChI=1S/C16H14ClNO3/c1-18(2)12-7-8-13(14(9-12)16(20)21)15(19)10-3-5-11(17)6-4-10/h3-9H,1-2H3,(H,20,21). The largest absolute Gasteiger partial charge is 0.478 e. The number of anilines is 1. The zero-order chi connectivity index (χ0) is 15.6. The molecule has 0 aliphatic rings. The molecule has 0 saturated heterocycles.